The molecule has 0 atom stereocenters. The van der Waals surface area contributed by atoms with E-state index in [0.29, 0.717) is 11.4 Å². The summed E-state index contributed by atoms with van der Waals surface area (Å²) in [6.45, 7) is 0.240. The first kappa shape index (κ1) is 18.6. The molecule has 3 aromatic rings. The first-order valence-corrected chi connectivity index (χ1v) is 7.96. The van der Waals surface area contributed by atoms with Crippen LogP contribution in [0.1, 0.15) is 5.56 Å². The van der Waals surface area contributed by atoms with Crippen molar-refractivity contribution < 1.29 is 22.7 Å². The highest BCUT2D eigenvalue weighted by molar-refractivity contribution is 5.87. The fraction of sp³-hybridized carbons (Fsp3) is 0.222. The number of ether oxygens (including phenoxy) is 1. The second-order valence-corrected chi connectivity index (χ2v) is 5.77. The number of benzene rings is 2. The fourth-order valence-electron chi connectivity index (χ4n) is 2.56. The number of hydrogen-bond acceptors (Lipinski definition) is 5. The van der Waals surface area contributed by atoms with Crippen molar-refractivity contribution in [3.63, 3.8) is 0 Å². The van der Waals surface area contributed by atoms with E-state index in [2.05, 4.69) is 10.1 Å². The van der Waals surface area contributed by atoms with Crippen molar-refractivity contribution in [2.75, 3.05) is 19.5 Å². The van der Waals surface area contributed by atoms with Crippen molar-refractivity contribution in [3.8, 4) is 5.75 Å². The first-order valence-electron chi connectivity index (χ1n) is 7.96. The van der Waals surface area contributed by atoms with Crippen LogP contribution in [0.5, 0.6) is 5.75 Å². The molecule has 142 valence electrons. The molecule has 27 heavy (non-hydrogen) atoms. The van der Waals surface area contributed by atoms with Gasteiger partial charge in [0.1, 0.15) is 25.2 Å². The Labute approximate surface area is 153 Å². The summed E-state index contributed by atoms with van der Waals surface area (Å²) in [6, 6.07) is 10.00. The number of imidazole rings is 1. The molecule has 0 radical (unpaired) electrons. The minimum Gasteiger partial charge on any atom is -0.487 e. The second kappa shape index (κ2) is 7.56. The molecule has 2 aromatic carbocycles. The van der Waals surface area contributed by atoms with Crippen LogP contribution in [0.3, 0.4) is 0 Å². The van der Waals surface area contributed by atoms with Gasteiger partial charge < -0.3 is 19.9 Å². The van der Waals surface area contributed by atoms with Gasteiger partial charge in [-0.3, -0.25) is 0 Å². The van der Waals surface area contributed by atoms with Crippen LogP contribution in [0, 0.1) is 0 Å². The van der Waals surface area contributed by atoms with Crippen molar-refractivity contribution in [1.29, 1.82) is 0 Å². The van der Waals surface area contributed by atoms with Crippen LogP contribution in [0.15, 0.2) is 53.9 Å². The molecule has 0 saturated heterocycles. The van der Waals surface area contributed by atoms with E-state index in [4.69, 9.17) is 15.3 Å². The average molecular weight is 378 g/mol. The van der Waals surface area contributed by atoms with Crippen molar-refractivity contribution in [3.05, 3.63) is 54.4 Å². The molecular formula is C18H17F3N4O2. The molecule has 0 fully saturated rings. The van der Waals surface area contributed by atoms with E-state index in [1.807, 2.05) is 0 Å². The molecule has 0 aliphatic rings. The zero-order valence-electron chi connectivity index (χ0n) is 14.4. The fourth-order valence-corrected chi connectivity index (χ4v) is 2.56. The zero-order valence-corrected chi connectivity index (χ0v) is 14.4. The van der Waals surface area contributed by atoms with Crippen molar-refractivity contribution in [2.24, 2.45) is 5.16 Å². The van der Waals surface area contributed by atoms with Gasteiger partial charge in [-0.1, -0.05) is 11.2 Å². The van der Waals surface area contributed by atoms with Gasteiger partial charge in [0, 0.05) is 5.69 Å². The van der Waals surface area contributed by atoms with Gasteiger partial charge in [-0.05, 0) is 36.4 Å². The molecule has 2 N–H and O–H groups in total. The predicted octanol–water partition coefficient (Wildman–Crippen LogP) is 3.72. The summed E-state index contributed by atoms with van der Waals surface area (Å²) in [7, 11) is 1.38. The standard InChI is InChI=1S/C18H17F3N4O2/c1-26-24-14(9-25-11-23-16-6-5-13(22)8-17(16)25)10-27-15-4-2-3-12(7-15)18(19,20)21/h2-8,11H,9-10,22H2,1H3. The molecule has 3 rings (SSSR count). The predicted molar refractivity (Wildman–Crippen MR) is 95.5 cm³/mol. The Kier molecular flexibility index (Phi) is 5.20. The Morgan fingerprint density at radius 2 is 2.04 bits per heavy atom. The molecule has 9 heteroatoms. The van der Waals surface area contributed by atoms with Crippen LogP contribution < -0.4 is 10.5 Å². The van der Waals surface area contributed by atoms with Crippen molar-refractivity contribution in [2.45, 2.75) is 12.7 Å². The summed E-state index contributed by atoms with van der Waals surface area (Å²) in [4.78, 5) is 9.10. The molecular weight excluding hydrogens is 361 g/mol. The summed E-state index contributed by atoms with van der Waals surface area (Å²) in [5.74, 6) is 0.0911. The largest absolute Gasteiger partial charge is 0.487 e. The number of nitrogen functional groups attached to an aromatic ring is 1. The van der Waals surface area contributed by atoms with Gasteiger partial charge >= 0.3 is 6.18 Å². The Bertz CT molecular complexity index is 967. The van der Waals surface area contributed by atoms with Crippen LogP contribution in [0.4, 0.5) is 18.9 Å². The zero-order chi connectivity index (χ0) is 19.4. The number of halogens is 3. The number of anilines is 1. The highest BCUT2D eigenvalue weighted by Crippen LogP contribution is 2.31. The Hall–Kier alpha value is -3.23. The smallest absolute Gasteiger partial charge is 0.416 e. The number of oxime groups is 1. The topological polar surface area (TPSA) is 74.7 Å². The lowest BCUT2D eigenvalue weighted by atomic mass is 10.2. The molecule has 0 saturated carbocycles. The van der Waals surface area contributed by atoms with Gasteiger partial charge in [-0.15, -0.1) is 0 Å². The van der Waals surface area contributed by atoms with Gasteiger partial charge in [-0.25, -0.2) is 4.98 Å². The Balaban J connectivity index is 1.75. The second-order valence-electron chi connectivity index (χ2n) is 5.77. The highest BCUT2D eigenvalue weighted by Gasteiger charge is 2.30. The molecule has 0 aliphatic carbocycles. The molecule has 6 nitrogen and oxygen atoms in total. The van der Waals surface area contributed by atoms with Gasteiger partial charge in [0.05, 0.1) is 29.5 Å². The van der Waals surface area contributed by atoms with E-state index in [9.17, 15) is 13.2 Å². The number of nitrogens with two attached hydrogens (primary N) is 1. The molecule has 0 amide bonds. The number of nitrogens with zero attached hydrogens (tertiary/aromatic N) is 3. The maximum absolute atomic E-state index is 12.8. The molecule has 0 bridgehead atoms. The van der Waals surface area contributed by atoms with Gasteiger partial charge in [-0.2, -0.15) is 13.2 Å². The van der Waals surface area contributed by atoms with Crippen molar-refractivity contribution in [1.82, 2.24) is 9.55 Å². The highest BCUT2D eigenvalue weighted by atomic mass is 19.4. The summed E-state index contributed by atoms with van der Waals surface area (Å²) in [5.41, 5.74) is 7.66. The average Bonchev–Trinajstić information content (AvgIpc) is 3.01. The van der Waals surface area contributed by atoms with E-state index in [0.717, 1.165) is 23.2 Å². The summed E-state index contributed by atoms with van der Waals surface area (Å²) in [5, 5.41) is 3.90. The lowest BCUT2D eigenvalue weighted by molar-refractivity contribution is -0.137. The summed E-state index contributed by atoms with van der Waals surface area (Å²) in [6.07, 6.45) is -2.81. The quantitative estimate of drug-likeness (QED) is 0.403. The van der Waals surface area contributed by atoms with E-state index in [1.54, 1.807) is 29.1 Å². The summed E-state index contributed by atoms with van der Waals surface area (Å²) < 4.78 is 45.7. The van der Waals surface area contributed by atoms with E-state index < -0.39 is 11.7 Å². The lowest BCUT2D eigenvalue weighted by Gasteiger charge is -2.12. The number of alkyl halides is 3. The Morgan fingerprint density at radius 1 is 1.22 bits per heavy atom. The summed E-state index contributed by atoms with van der Waals surface area (Å²) >= 11 is 0. The number of fused-ring (bicyclic) bond motifs is 1. The number of hydrogen-bond donors (Lipinski definition) is 1. The number of rotatable bonds is 6. The van der Waals surface area contributed by atoms with Crippen molar-refractivity contribution >= 4 is 22.4 Å². The minimum atomic E-state index is -4.43. The SMILES string of the molecule is CON=C(COc1cccc(C(F)(F)F)c1)Cn1cnc2ccc(N)cc21. The van der Waals surface area contributed by atoms with E-state index in [1.165, 1.54) is 19.2 Å². The van der Waals surface area contributed by atoms with Gasteiger partial charge in [0.25, 0.3) is 0 Å². The third-order valence-corrected chi connectivity index (χ3v) is 3.79. The van der Waals surface area contributed by atoms with Crippen LogP contribution in [-0.2, 0) is 17.6 Å². The van der Waals surface area contributed by atoms with E-state index >= 15 is 0 Å². The monoisotopic (exact) mass is 378 g/mol. The Morgan fingerprint density at radius 3 is 2.78 bits per heavy atom. The minimum absolute atomic E-state index is 0.0445. The normalized spacial score (nSPS) is 12.4. The van der Waals surface area contributed by atoms with E-state index in [-0.39, 0.29) is 18.9 Å². The van der Waals surface area contributed by atoms with Crippen LogP contribution in [0.25, 0.3) is 11.0 Å². The molecule has 1 aromatic heterocycles. The maximum atomic E-state index is 12.8. The van der Waals surface area contributed by atoms with Crippen LogP contribution in [0.2, 0.25) is 0 Å². The number of aromatic nitrogens is 2. The first-order chi connectivity index (χ1) is 12.9. The van der Waals surface area contributed by atoms with Gasteiger partial charge in [0.15, 0.2) is 0 Å². The maximum Gasteiger partial charge on any atom is 0.416 e. The third kappa shape index (κ3) is 4.49. The van der Waals surface area contributed by atoms with Crippen LogP contribution >= 0.6 is 0 Å². The molecule has 1 heterocycles. The molecule has 0 spiro atoms. The molecule has 0 aliphatic heterocycles. The molecule has 0 unspecified atom stereocenters. The third-order valence-electron chi connectivity index (χ3n) is 3.79. The van der Waals surface area contributed by atoms with Crippen LogP contribution in [-0.4, -0.2) is 29.0 Å². The van der Waals surface area contributed by atoms with Gasteiger partial charge in [0.2, 0.25) is 0 Å². The lowest BCUT2D eigenvalue weighted by Crippen LogP contribution is -2.18.